The van der Waals surface area contributed by atoms with Crippen molar-refractivity contribution in [2.24, 2.45) is 0 Å². The van der Waals surface area contributed by atoms with Crippen LogP contribution in [0, 0.1) is 0 Å². The third-order valence-corrected chi connectivity index (χ3v) is 2.77. The third-order valence-electron chi connectivity index (χ3n) is 2.77. The minimum Gasteiger partial charge on any atom is -0.508 e. The fraction of sp³-hybridized carbons (Fsp3) is 0.538. The van der Waals surface area contributed by atoms with E-state index in [4.69, 9.17) is 0 Å². The average Bonchev–Trinajstić information content (AvgIpc) is 2.26. The Bertz CT molecular complexity index is 281. The number of nitrogens with zero attached hydrogens (tertiary/aromatic N) is 1. The first kappa shape index (κ1) is 11.9. The summed E-state index contributed by atoms with van der Waals surface area (Å²) in [6, 6.07) is 8.02. The molecular weight excluding hydrogens is 186 g/mol. The molecule has 0 heterocycles. The standard InChI is InChI=1S/C13H21NO/c1-4-10-14(11(3)5-2)12-6-8-13(15)9-7-12/h6-9,11,15H,4-5,10H2,1-3H3. The van der Waals surface area contributed by atoms with E-state index in [0.717, 1.165) is 19.4 Å². The molecule has 0 aromatic heterocycles. The molecule has 1 atom stereocenters. The van der Waals surface area contributed by atoms with Gasteiger partial charge in [-0.15, -0.1) is 0 Å². The van der Waals surface area contributed by atoms with E-state index in [1.54, 1.807) is 12.1 Å². The zero-order valence-electron chi connectivity index (χ0n) is 9.90. The van der Waals surface area contributed by atoms with Crippen LogP contribution >= 0.6 is 0 Å². The van der Waals surface area contributed by atoms with E-state index in [1.807, 2.05) is 12.1 Å². The molecule has 0 aliphatic heterocycles. The van der Waals surface area contributed by atoms with Crippen LogP contribution in [0.3, 0.4) is 0 Å². The summed E-state index contributed by atoms with van der Waals surface area (Å²) in [5.74, 6) is 0.333. The van der Waals surface area contributed by atoms with Crippen molar-refractivity contribution in [3.8, 4) is 5.75 Å². The molecule has 0 amide bonds. The summed E-state index contributed by atoms with van der Waals surface area (Å²) in [4.78, 5) is 2.39. The van der Waals surface area contributed by atoms with Gasteiger partial charge in [0.05, 0.1) is 0 Å². The van der Waals surface area contributed by atoms with Gasteiger partial charge in [0.25, 0.3) is 0 Å². The van der Waals surface area contributed by atoms with Crippen molar-refractivity contribution in [1.82, 2.24) is 0 Å². The SMILES string of the molecule is CCCN(c1ccc(O)cc1)C(C)CC. The second-order valence-corrected chi connectivity index (χ2v) is 3.97. The Hall–Kier alpha value is -1.18. The van der Waals surface area contributed by atoms with Crippen LogP contribution in [0.25, 0.3) is 0 Å². The summed E-state index contributed by atoms with van der Waals surface area (Å²) in [5.41, 5.74) is 1.20. The summed E-state index contributed by atoms with van der Waals surface area (Å²) >= 11 is 0. The highest BCUT2D eigenvalue weighted by atomic mass is 16.3. The van der Waals surface area contributed by atoms with Gasteiger partial charge in [-0.1, -0.05) is 13.8 Å². The highest BCUT2D eigenvalue weighted by Crippen LogP contribution is 2.21. The number of benzene rings is 1. The van der Waals surface area contributed by atoms with Gasteiger partial charge >= 0.3 is 0 Å². The van der Waals surface area contributed by atoms with Crippen LogP contribution in [0.4, 0.5) is 5.69 Å². The zero-order valence-corrected chi connectivity index (χ0v) is 9.90. The van der Waals surface area contributed by atoms with Gasteiger partial charge in [0, 0.05) is 18.3 Å². The predicted octanol–water partition coefficient (Wildman–Crippen LogP) is 3.41. The minimum atomic E-state index is 0.333. The van der Waals surface area contributed by atoms with Gasteiger partial charge in [-0.3, -0.25) is 0 Å². The van der Waals surface area contributed by atoms with Crippen molar-refractivity contribution in [1.29, 1.82) is 0 Å². The van der Waals surface area contributed by atoms with Gasteiger partial charge in [0.1, 0.15) is 5.75 Å². The summed E-state index contributed by atoms with van der Waals surface area (Å²) < 4.78 is 0. The fourth-order valence-electron chi connectivity index (χ4n) is 1.71. The Balaban J connectivity index is 2.83. The molecule has 1 unspecified atom stereocenters. The number of phenolic OH excluding ortho intramolecular Hbond substituents is 1. The first-order valence-corrected chi connectivity index (χ1v) is 5.74. The summed E-state index contributed by atoms with van der Waals surface area (Å²) in [5, 5.41) is 9.25. The highest BCUT2D eigenvalue weighted by Gasteiger charge is 2.11. The molecule has 1 aromatic rings. The lowest BCUT2D eigenvalue weighted by Crippen LogP contribution is -2.33. The van der Waals surface area contributed by atoms with E-state index in [0.29, 0.717) is 11.8 Å². The maximum Gasteiger partial charge on any atom is 0.115 e. The fourth-order valence-corrected chi connectivity index (χ4v) is 1.71. The number of anilines is 1. The molecule has 1 aromatic carbocycles. The van der Waals surface area contributed by atoms with Crippen molar-refractivity contribution in [3.63, 3.8) is 0 Å². The second kappa shape index (κ2) is 5.64. The Morgan fingerprint density at radius 1 is 1.20 bits per heavy atom. The Morgan fingerprint density at radius 2 is 1.80 bits per heavy atom. The van der Waals surface area contributed by atoms with E-state index >= 15 is 0 Å². The van der Waals surface area contributed by atoms with Gasteiger partial charge in [0.15, 0.2) is 0 Å². The van der Waals surface area contributed by atoms with Gasteiger partial charge < -0.3 is 10.0 Å². The van der Waals surface area contributed by atoms with Crippen LogP contribution in [-0.2, 0) is 0 Å². The average molecular weight is 207 g/mol. The molecule has 0 saturated carbocycles. The molecular formula is C13H21NO. The molecule has 0 aliphatic carbocycles. The quantitative estimate of drug-likeness (QED) is 0.799. The summed E-state index contributed by atoms with van der Waals surface area (Å²) in [6.45, 7) is 7.70. The largest absolute Gasteiger partial charge is 0.508 e. The van der Waals surface area contributed by atoms with E-state index < -0.39 is 0 Å². The zero-order chi connectivity index (χ0) is 11.3. The van der Waals surface area contributed by atoms with Crippen LogP contribution < -0.4 is 4.90 Å². The number of aromatic hydroxyl groups is 1. The number of hydrogen-bond donors (Lipinski definition) is 1. The molecule has 1 rings (SSSR count). The van der Waals surface area contributed by atoms with Crippen molar-refractivity contribution in [2.75, 3.05) is 11.4 Å². The lowest BCUT2D eigenvalue weighted by Gasteiger charge is -2.30. The Labute approximate surface area is 92.5 Å². The third kappa shape index (κ3) is 3.15. The monoisotopic (exact) mass is 207 g/mol. The lowest BCUT2D eigenvalue weighted by atomic mass is 10.1. The number of rotatable bonds is 5. The van der Waals surface area contributed by atoms with E-state index in [9.17, 15) is 5.11 Å². The summed E-state index contributed by atoms with van der Waals surface area (Å²) in [6.07, 6.45) is 2.28. The first-order valence-electron chi connectivity index (χ1n) is 5.74. The van der Waals surface area contributed by atoms with Crippen molar-refractivity contribution < 1.29 is 5.11 Å². The number of hydrogen-bond acceptors (Lipinski definition) is 2. The summed E-state index contributed by atoms with van der Waals surface area (Å²) in [7, 11) is 0. The van der Waals surface area contributed by atoms with E-state index in [-0.39, 0.29) is 0 Å². The molecule has 2 heteroatoms. The van der Waals surface area contributed by atoms with Crippen molar-refractivity contribution in [2.45, 2.75) is 39.7 Å². The van der Waals surface area contributed by atoms with Gasteiger partial charge in [-0.25, -0.2) is 0 Å². The Morgan fingerprint density at radius 3 is 2.27 bits per heavy atom. The van der Waals surface area contributed by atoms with Crippen LogP contribution in [0.2, 0.25) is 0 Å². The molecule has 0 aliphatic rings. The van der Waals surface area contributed by atoms with Gasteiger partial charge in [-0.2, -0.15) is 0 Å². The van der Waals surface area contributed by atoms with Gasteiger partial charge in [-0.05, 0) is 44.0 Å². The molecule has 0 spiro atoms. The molecule has 15 heavy (non-hydrogen) atoms. The normalized spacial score (nSPS) is 12.5. The first-order chi connectivity index (χ1) is 7.19. The molecule has 84 valence electrons. The van der Waals surface area contributed by atoms with Crippen LogP contribution in [0.1, 0.15) is 33.6 Å². The van der Waals surface area contributed by atoms with Crippen LogP contribution in [0.15, 0.2) is 24.3 Å². The minimum absolute atomic E-state index is 0.333. The maximum atomic E-state index is 9.25. The molecule has 0 fully saturated rings. The highest BCUT2D eigenvalue weighted by molar-refractivity contribution is 5.49. The maximum absolute atomic E-state index is 9.25. The lowest BCUT2D eigenvalue weighted by molar-refractivity contribution is 0.475. The second-order valence-electron chi connectivity index (χ2n) is 3.97. The Kier molecular flexibility index (Phi) is 4.47. The molecule has 0 saturated heterocycles. The molecule has 2 nitrogen and oxygen atoms in total. The van der Waals surface area contributed by atoms with Crippen molar-refractivity contribution >= 4 is 5.69 Å². The van der Waals surface area contributed by atoms with E-state index in [1.165, 1.54) is 5.69 Å². The van der Waals surface area contributed by atoms with E-state index in [2.05, 4.69) is 25.7 Å². The molecule has 0 radical (unpaired) electrons. The van der Waals surface area contributed by atoms with Crippen LogP contribution in [-0.4, -0.2) is 17.7 Å². The predicted molar refractivity (Wildman–Crippen MR) is 65.5 cm³/mol. The number of phenols is 1. The molecule has 1 N–H and O–H groups in total. The molecule has 0 bridgehead atoms. The van der Waals surface area contributed by atoms with Gasteiger partial charge in [0.2, 0.25) is 0 Å². The van der Waals surface area contributed by atoms with Crippen molar-refractivity contribution in [3.05, 3.63) is 24.3 Å². The smallest absolute Gasteiger partial charge is 0.115 e. The topological polar surface area (TPSA) is 23.5 Å². The van der Waals surface area contributed by atoms with Crippen LogP contribution in [0.5, 0.6) is 5.75 Å².